The molecule has 1 aliphatic heterocycles. The normalized spacial score (nSPS) is 15.7. The van der Waals surface area contributed by atoms with Gasteiger partial charge in [-0.05, 0) is 53.6 Å². The maximum atomic E-state index is 13.4. The van der Waals surface area contributed by atoms with Gasteiger partial charge in [-0.15, -0.1) is 0 Å². The summed E-state index contributed by atoms with van der Waals surface area (Å²) in [5.41, 5.74) is 1.93. The number of halogens is 3. The van der Waals surface area contributed by atoms with E-state index in [1.807, 2.05) is 6.07 Å². The second-order valence-corrected chi connectivity index (χ2v) is 9.44. The van der Waals surface area contributed by atoms with Gasteiger partial charge in [0.05, 0.1) is 18.5 Å². The van der Waals surface area contributed by atoms with E-state index in [-0.39, 0.29) is 31.2 Å². The molecule has 0 radical (unpaired) electrons. The van der Waals surface area contributed by atoms with E-state index in [4.69, 9.17) is 23.2 Å². The highest BCUT2D eigenvalue weighted by molar-refractivity contribution is 9.10. The van der Waals surface area contributed by atoms with Crippen LogP contribution in [0, 0.1) is 0 Å². The lowest BCUT2D eigenvalue weighted by atomic mass is 10.1. The summed E-state index contributed by atoms with van der Waals surface area (Å²) in [5.74, 6) is -1.06. The summed E-state index contributed by atoms with van der Waals surface area (Å²) in [6, 6.07) is 20.1. The summed E-state index contributed by atoms with van der Waals surface area (Å²) in [7, 11) is 0. The minimum absolute atomic E-state index is 0.0673. The fourth-order valence-electron chi connectivity index (χ4n) is 3.78. The molecule has 1 saturated heterocycles. The highest BCUT2D eigenvalue weighted by Gasteiger charge is 2.44. The molecule has 168 valence electrons. The molecule has 0 aromatic heterocycles. The molecule has 4 rings (SSSR count). The van der Waals surface area contributed by atoms with Gasteiger partial charge >= 0.3 is 0 Å². The molecule has 3 aromatic carbocycles. The van der Waals surface area contributed by atoms with E-state index in [1.165, 1.54) is 4.90 Å². The highest BCUT2D eigenvalue weighted by atomic mass is 79.9. The second-order valence-electron chi connectivity index (χ2n) is 7.68. The average molecular weight is 546 g/mol. The van der Waals surface area contributed by atoms with E-state index in [1.54, 1.807) is 66.7 Å². The summed E-state index contributed by atoms with van der Waals surface area (Å²) in [6.45, 7) is 0.115. The largest absolute Gasteiger partial charge is 0.325 e. The van der Waals surface area contributed by atoms with E-state index in [0.29, 0.717) is 21.3 Å². The fraction of sp³-hybridized carbons (Fsp3) is 0.160. The SMILES string of the molecule is O=C1CC(N(Cc2ccccc2Cl)C(=O)Cc2ccc(Cl)cc2)C(=O)N1c1ccc(Br)cc1. The maximum Gasteiger partial charge on any atom is 0.257 e. The number of rotatable bonds is 6. The van der Waals surface area contributed by atoms with Crippen molar-refractivity contribution in [2.75, 3.05) is 4.90 Å². The monoisotopic (exact) mass is 544 g/mol. The molecule has 1 heterocycles. The Kier molecular flexibility index (Phi) is 7.17. The molecule has 33 heavy (non-hydrogen) atoms. The Morgan fingerprint density at radius 2 is 1.64 bits per heavy atom. The molecule has 0 bridgehead atoms. The van der Waals surface area contributed by atoms with Crippen LogP contribution in [0.15, 0.2) is 77.3 Å². The predicted molar refractivity (Wildman–Crippen MR) is 132 cm³/mol. The maximum absolute atomic E-state index is 13.4. The summed E-state index contributed by atoms with van der Waals surface area (Å²) in [6.07, 6.45) is -0.0242. The third-order valence-electron chi connectivity index (χ3n) is 5.47. The lowest BCUT2D eigenvalue weighted by molar-refractivity contribution is -0.138. The second kappa shape index (κ2) is 10.1. The average Bonchev–Trinajstić information content (AvgIpc) is 3.09. The Bertz CT molecular complexity index is 1200. The minimum Gasteiger partial charge on any atom is -0.325 e. The van der Waals surface area contributed by atoms with Gasteiger partial charge in [-0.2, -0.15) is 0 Å². The van der Waals surface area contributed by atoms with Gasteiger partial charge in [0.25, 0.3) is 5.91 Å². The molecule has 3 amide bonds. The third-order valence-corrected chi connectivity index (χ3v) is 6.62. The van der Waals surface area contributed by atoms with Crippen LogP contribution in [-0.2, 0) is 27.3 Å². The number of imide groups is 1. The zero-order valence-corrected chi connectivity index (χ0v) is 20.5. The summed E-state index contributed by atoms with van der Waals surface area (Å²) in [5, 5.41) is 1.06. The molecule has 1 atom stereocenters. The first-order valence-corrected chi connectivity index (χ1v) is 11.8. The Balaban J connectivity index is 1.64. The van der Waals surface area contributed by atoms with Crippen molar-refractivity contribution in [2.45, 2.75) is 25.4 Å². The molecular weight excluding hydrogens is 527 g/mol. The van der Waals surface area contributed by atoms with Gasteiger partial charge in [-0.1, -0.05) is 69.5 Å². The third kappa shape index (κ3) is 5.29. The molecule has 0 N–H and O–H groups in total. The zero-order valence-electron chi connectivity index (χ0n) is 17.4. The number of carbonyl (C=O) groups excluding carboxylic acids is 3. The number of hydrogen-bond donors (Lipinski definition) is 0. The highest BCUT2D eigenvalue weighted by Crippen LogP contribution is 2.29. The molecular formula is C25H19BrCl2N2O3. The van der Waals surface area contributed by atoms with E-state index in [0.717, 1.165) is 14.9 Å². The van der Waals surface area contributed by atoms with Crippen molar-refractivity contribution in [2.24, 2.45) is 0 Å². The van der Waals surface area contributed by atoms with Gasteiger partial charge in [-0.3, -0.25) is 14.4 Å². The van der Waals surface area contributed by atoms with Gasteiger partial charge in [-0.25, -0.2) is 4.90 Å². The van der Waals surface area contributed by atoms with Crippen molar-refractivity contribution in [3.05, 3.63) is 98.4 Å². The molecule has 1 fully saturated rings. The number of benzene rings is 3. The molecule has 0 spiro atoms. The lowest BCUT2D eigenvalue weighted by Gasteiger charge is -2.28. The topological polar surface area (TPSA) is 57.7 Å². The number of hydrogen-bond acceptors (Lipinski definition) is 3. The van der Waals surface area contributed by atoms with Crippen LogP contribution in [0.25, 0.3) is 0 Å². The Labute approximate surface area is 210 Å². The van der Waals surface area contributed by atoms with Gasteiger partial charge in [0, 0.05) is 21.1 Å². The number of amides is 3. The quantitative estimate of drug-likeness (QED) is 0.375. The van der Waals surface area contributed by atoms with E-state index in [2.05, 4.69) is 15.9 Å². The van der Waals surface area contributed by atoms with E-state index >= 15 is 0 Å². The van der Waals surface area contributed by atoms with Crippen LogP contribution in [0.4, 0.5) is 5.69 Å². The van der Waals surface area contributed by atoms with Gasteiger partial charge in [0.2, 0.25) is 11.8 Å². The Morgan fingerprint density at radius 1 is 0.970 bits per heavy atom. The van der Waals surface area contributed by atoms with Crippen LogP contribution in [0.1, 0.15) is 17.5 Å². The first-order chi connectivity index (χ1) is 15.8. The smallest absolute Gasteiger partial charge is 0.257 e. The number of nitrogens with zero attached hydrogens (tertiary/aromatic N) is 2. The van der Waals surface area contributed by atoms with Crippen LogP contribution in [0.5, 0.6) is 0 Å². The first-order valence-electron chi connectivity index (χ1n) is 10.2. The van der Waals surface area contributed by atoms with Gasteiger partial charge < -0.3 is 4.90 Å². The minimum atomic E-state index is -0.919. The van der Waals surface area contributed by atoms with Crippen molar-refractivity contribution >= 4 is 62.5 Å². The zero-order chi connectivity index (χ0) is 23.5. The fourth-order valence-corrected chi connectivity index (χ4v) is 4.37. The van der Waals surface area contributed by atoms with Crippen LogP contribution >= 0.6 is 39.1 Å². The summed E-state index contributed by atoms with van der Waals surface area (Å²) in [4.78, 5) is 42.2. The van der Waals surface area contributed by atoms with Crippen molar-refractivity contribution in [3.63, 3.8) is 0 Å². The summed E-state index contributed by atoms with van der Waals surface area (Å²) >= 11 is 15.7. The lowest BCUT2D eigenvalue weighted by Crippen LogP contribution is -2.45. The van der Waals surface area contributed by atoms with E-state index in [9.17, 15) is 14.4 Å². The van der Waals surface area contributed by atoms with Crippen molar-refractivity contribution in [1.29, 1.82) is 0 Å². The van der Waals surface area contributed by atoms with Crippen LogP contribution in [-0.4, -0.2) is 28.7 Å². The molecule has 1 aliphatic rings. The molecule has 0 saturated carbocycles. The number of anilines is 1. The van der Waals surface area contributed by atoms with Crippen molar-refractivity contribution in [1.82, 2.24) is 4.90 Å². The summed E-state index contributed by atoms with van der Waals surface area (Å²) < 4.78 is 0.834. The molecule has 3 aromatic rings. The van der Waals surface area contributed by atoms with E-state index < -0.39 is 11.9 Å². The van der Waals surface area contributed by atoms with Crippen LogP contribution < -0.4 is 4.90 Å². The van der Waals surface area contributed by atoms with Crippen molar-refractivity contribution < 1.29 is 14.4 Å². The number of carbonyl (C=O) groups is 3. The Hall–Kier alpha value is -2.67. The molecule has 8 heteroatoms. The van der Waals surface area contributed by atoms with Crippen molar-refractivity contribution in [3.8, 4) is 0 Å². The van der Waals surface area contributed by atoms with Crippen LogP contribution in [0.2, 0.25) is 10.0 Å². The standard InChI is InChI=1S/C25H19BrCl2N2O3/c26-18-7-11-20(12-8-18)30-24(32)14-22(25(30)33)29(15-17-3-1-2-4-21(17)28)23(31)13-16-5-9-19(27)10-6-16/h1-12,22H,13-15H2. The van der Waals surface area contributed by atoms with Crippen LogP contribution in [0.3, 0.4) is 0 Å². The molecule has 1 unspecified atom stereocenters. The Morgan fingerprint density at radius 3 is 2.30 bits per heavy atom. The van der Waals surface area contributed by atoms with Gasteiger partial charge in [0.1, 0.15) is 6.04 Å². The molecule has 5 nitrogen and oxygen atoms in total. The first kappa shape index (κ1) is 23.5. The molecule has 0 aliphatic carbocycles. The predicted octanol–water partition coefficient (Wildman–Crippen LogP) is 5.66. The van der Waals surface area contributed by atoms with Gasteiger partial charge in [0.15, 0.2) is 0 Å².